The lowest BCUT2D eigenvalue weighted by atomic mass is 9.76. The molecule has 0 spiro atoms. The molecule has 0 saturated heterocycles. The predicted molar refractivity (Wildman–Crippen MR) is 89.7 cm³/mol. The highest BCUT2D eigenvalue weighted by Gasteiger charge is 2.26. The van der Waals surface area contributed by atoms with Crippen LogP contribution in [-0.4, -0.2) is 16.5 Å². The second-order valence-corrected chi connectivity index (χ2v) is 6.74. The molecule has 3 heteroatoms. The average Bonchev–Trinajstić information content (AvgIpc) is 2.48. The van der Waals surface area contributed by atoms with E-state index < -0.39 is 0 Å². The molecule has 1 N–H and O–H groups in total. The Labute approximate surface area is 130 Å². The van der Waals surface area contributed by atoms with Crippen molar-refractivity contribution in [2.24, 2.45) is 11.8 Å². The van der Waals surface area contributed by atoms with Gasteiger partial charge in [-0.2, -0.15) is 0 Å². The van der Waals surface area contributed by atoms with Crippen molar-refractivity contribution in [2.45, 2.75) is 72.1 Å². The van der Waals surface area contributed by atoms with E-state index in [1.807, 2.05) is 0 Å². The zero-order chi connectivity index (χ0) is 15.2. The van der Waals surface area contributed by atoms with E-state index in [1.165, 1.54) is 31.4 Å². The molecule has 0 atom stereocenters. The average molecular weight is 289 g/mol. The highest BCUT2D eigenvalue weighted by Crippen LogP contribution is 2.37. The molecule has 1 fully saturated rings. The summed E-state index contributed by atoms with van der Waals surface area (Å²) in [5.74, 6) is 4.37. The van der Waals surface area contributed by atoms with Gasteiger partial charge in [-0.15, -0.1) is 0 Å². The fraction of sp³-hybridized carbons (Fsp3) is 0.778. The second-order valence-electron chi connectivity index (χ2n) is 6.74. The van der Waals surface area contributed by atoms with Crippen LogP contribution >= 0.6 is 0 Å². The number of aromatic nitrogens is 2. The molecule has 0 amide bonds. The van der Waals surface area contributed by atoms with Crippen molar-refractivity contribution in [1.82, 2.24) is 9.97 Å². The van der Waals surface area contributed by atoms with Gasteiger partial charge in [-0.3, -0.25) is 0 Å². The first-order valence-electron chi connectivity index (χ1n) is 8.75. The van der Waals surface area contributed by atoms with Crippen molar-refractivity contribution in [2.75, 3.05) is 11.9 Å². The van der Waals surface area contributed by atoms with E-state index in [2.05, 4.69) is 39.1 Å². The molecule has 0 bridgehead atoms. The van der Waals surface area contributed by atoms with Crippen molar-refractivity contribution in [1.29, 1.82) is 0 Å². The normalized spacial score (nSPS) is 22.5. The third-order valence-electron chi connectivity index (χ3n) is 4.74. The summed E-state index contributed by atoms with van der Waals surface area (Å²) in [6.07, 6.45) is 7.37. The number of aryl methyl sites for hydroxylation is 1. The van der Waals surface area contributed by atoms with Gasteiger partial charge in [0.1, 0.15) is 11.6 Å². The summed E-state index contributed by atoms with van der Waals surface area (Å²) in [6.45, 7) is 9.96. The maximum Gasteiger partial charge on any atom is 0.134 e. The first-order chi connectivity index (χ1) is 10.1. The highest BCUT2D eigenvalue weighted by atomic mass is 15.0. The van der Waals surface area contributed by atoms with Gasteiger partial charge < -0.3 is 5.32 Å². The fourth-order valence-corrected chi connectivity index (χ4v) is 3.40. The van der Waals surface area contributed by atoms with Gasteiger partial charge in [-0.25, -0.2) is 9.97 Å². The van der Waals surface area contributed by atoms with Crippen LogP contribution in [0.2, 0.25) is 0 Å². The van der Waals surface area contributed by atoms with Crippen LogP contribution < -0.4 is 5.32 Å². The molecule has 1 heterocycles. The molecule has 21 heavy (non-hydrogen) atoms. The number of hydrogen-bond donors (Lipinski definition) is 1. The van der Waals surface area contributed by atoms with Crippen LogP contribution in [0, 0.1) is 11.8 Å². The van der Waals surface area contributed by atoms with Crippen molar-refractivity contribution in [3.8, 4) is 0 Å². The van der Waals surface area contributed by atoms with Crippen molar-refractivity contribution in [3.05, 3.63) is 17.6 Å². The Morgan fingerprint density at radius 3 is 2.43 bits per heavy atom. The summed E-state index contributed by atoms with van der Waals surface area (Å²) in [6, 6.07) is 2.12. The summed E-state index contributed by atoms with van der Waals surface area (Å²) >= 11 is 0. The van der Waals surface area contributed by atoms with Crippen LogP contribution in [0.5, 0.6) is 0 Å². The van der Waals surface area contributed by atoms with E-state index in [4.69, 9.17) is 9.97 Å². The number of nitrogens with zero attached hydrogens (tertiary/aromatic N) is 2. The smallest absolute Gasteiger partial charge is 0.134 e. The van der Waals surface area contributed by atoms with Crippen LogP contribution in [0.3, 0.4) is 0 Å². The van der Waals surface area contributed by atoms with Gasteiger partial charge in [0.05, 0.1) is 0 Å². The highest BCUT2D eigenvalue weighted by molar-refractivity contribution is 5.36. The van der Waals surface area contributed by atoms with E-state index >= 15 is 0 Å². The number of hydrogen-bond acceptors (Lipinski definition) is 3. The Morgan fingerprint density at radius 2 is 1.86 bits per heavy atom. The SMILES string of the molecule is CCCc1cc(NCC)nc(C2CCC(C(C)C)CC2)n1. The standard InChI is InChI=1S/C18H31N3/c1-5-7-16-12-17(19-6-2)21-18(20-16)15-10-8-14(9-11-15)13(3)4/h12-15H,5-11H2,1-4H3,(H,19,20,21). The molecular formula is C18H31N3. The summed E-state index contributed by atoms with van der Waals surface area (Å²) in [5.41, 5.74) is 1.20. The zero-order valence-electron chi connectivity index (χ0n) is 14.2. The molecule has 3 nitrogen and oxygen atoms in total. The Balaban J connectivity index is 2.11. The second kappa shape index (κ2) is 7.77. The van der Waals surface area contributed by atoms with Crippen LogP contribution in [0.1, 0.15) is 77.2 Å². The topological polar surface area (TPSA) is 37.8 Å². The Morgan fingerprint density at radius 1 is 1.14 bits per heavy atom. The minimum atomic E-state index is 0.564. The lowest BCUT2D eigenvalue weighted by Gasteiger charge is -2.30. The third-order valence-corrected chi connectivity index (χ3v) is 4.74. The van der Waals surface area contributed by atoms with Gasteiger partial charge in [0.25, 0.3) is 0 Å². The number of anilines is 1. The molecule has 1 aliphatic rings. The molecule has 1 aromatic rings. The van der Waals surface area contributed by atoms with E-state index in [0.29, 0.717) is 5.92 Å². The third kappa shape index (κ3) is 4.42. The number of rotatable bonds is 6. The Hall–Kier alpha value is -1.12. The van der Waals surface area contributed by atoms with Crippen molar-refractivity contribution in [3.63, 3.8) is 0 Å². The summed E-state index contributed by atoms with van der Waals surface area (Å²) in [7, 11) is 0. The molecule has 2 rings (SSSR count). The van der Waals surface area contributed by atoms with Gasteiger partial charge in [0.15, 0.2) is 0 Å². The first kappa shape index (κ1) is 16.3. The van der Waals surface area contributed by atoms with Crippen molar-refractivity contribution >= 4 is 5.82 Å². The molecular weight excluding hydrogens is 258 g/mol. The number of nitrogens with one attached hydrogen (secondary N) is 1. The first-order valence-corrected chi connectivity index (χ1v) is 8.75. The zero-order valence-corrected chi connectivity index (χ0v) is 14.2. The molecule has 0 aromatic carbocycles. The van der Waals surface area contributed by atoms with E-state index in [0.717, 1.165) is 42.9 Å². The molecule has 1 aromatic heterocycles. The van der Waals surface area contributed by atoms with Crippen LogP contribution in [0.15, 0.2) is 6.07 Å². The summed E-state index contributed by atoms with van der Waals surface area (Å²) < 4.78 is 0. The molecule has 1 saturated carbocycles. The van der Waals surface area contributed by atoms with E-state index in [-0.39, 0.29) is 0 Å². The Bertz CT molecular complexity index is 410. The van der Waals surface area contributed by atoms with Gasteiger partial charge in [0.2, 0.25) is 0 Å². The van der Waals surface area contributed by atoms with Crippen LogP contribution in [-0.2, 0) is 6.42 Å². The molecule has 1 aliphatic carbocycles. The summed E-state index contributed by atoms with van der Waals surface area (Å²) in [5, 5.41) is 3.36. The minimum Gasteiger partial charge on any atom is -0.370 e. The minimum absolute atomic E-state index is 0.564. The van der Waals surface area contributed by atoms with E-state index in [9.17, 15) is 0 Å². The van der Waals surface area contributed by atoms with E-state index in [1.54, 1.807) is 0 Å². The Kier molecular flexibility index (Phi) is 6.01. The molecule has 0 radical (unpaired) electrons. The quantitative estimate of drug-likeness (QED) is 0.818. The predicted octanol–water partition coefficient (Wildman–Crippen LogP) is 4.79. The van der Waals surface area contributed by atoms with Crippen molar-refractivity contribution < 1.29 is 0 Å². The van der Waals surface area contributed by atoms with Gasteiger partial charge in [-0.05, 0) is 50.9 Å². The van der Waals surface area contributed by atoms with Gasteiger partial charge in [0, 0.05) is 24.2 Å². The van der Waals surface area contributed by atoms with Gasteiger partial charge >= 0.3 is 0 Å². The summed E-state index contributed by atoms with van der Waals surface area (Å²) in [4.78, 5) is 9.62. The molecule has 118 valence electrons. The maximum atomic E-state index is 4.85. The monoisotopic (exact) mass is 289 g/mol. The van der Waals surface area contributed by atoms with Crippen LogP contribution in [0.4, 0.5) is 5.82 Å². The molecule has 0 unspecified atom stereocenters. The fourth-order valence-electron chi connectivity index (χ4n) is 3.40. The lowest BCUT2D eigenvalue weighted by Crippen LogP contribution is -2.19. The maximum absolute atomic E-state index is 4.85. The van der Waals surface area contributed by atoms with Crippen LogP contribution in [0.25, 0.3) is 0 Å². The molecule has 0 aliphatic heterocycles. The van der Waals surface area contributed by atoms with Gasteiger partial charge in [-0.1, -0.05) is 27.2 Å². The lowest BCUT2D eigenvalue weighted by molar-refractivity contribution is 0.254. The largest absolute Gasteiger partial charge is 0.370 e.